The Morgan fingerprint density at radius 2 is 0.454 bits per heavy atom. The second kappa shape index (κ2) is 40.3. The van der Waals surface area contributed by atoms with E-state index in [0.29, 0.717) is 124 Å². The van der Waals surface area contributed by atoms with Gasteiger partial charge >= 0.3 is 35.8 Å². The smallest absolute Gasteiger partial charge is 0.333 e. The third-order valence-corrected chi connectivity index (χ3v) is 19.1. The second-order valence-corrected chi connectivity index (χ2v) is 27.8. The Kier molecular flexibility index (Phi) is 29.8. The molecule has 6 aliphatic rings. The average molecular weight is 1480 g/mol. The average Bonchev–Trinajstić information content (AvgIpc) is 1.25. The third kappa shape index (κ3) is 24.7. The van der Waals surface area contributed by atoms with E-state index in [2.05, 4.69) is 63.7 Å². The van der Waals surface area contributed by atoms with Crippen LogP contribution in [0.3, 0.4) is 0 Å². The van der Waals surface area contributed by atoms with E-state index in [0.717, 1.165) is 146 Å². The van der Waals surface area contributed by atoms with E-state index >= 15 is 0 Å². The molecule has 18 nitrogen and oxygen atoms in total. The number of rotatable bonds is 37. The molecule has 0 N–H and O–H groups in total. The third-order valence-electron chi connectivity index (χ3n) is 19.1. The van der Waals surface area contributed by atoms with Gasteiger partial charge in [-0.2, -0.15) is 0 Å². The Morgan fingerprint density at radius 3 is 0.676 bits per heavy atom. The fraction of sp³-hybridized carbons (Fsp3) is 0.386. The van der Waals surface area contributed by atoms with Crippen LogP contribution in [0.25, 0.3) is 33.4 Å². The number of hydrogen-bond donors (Lipinski definition) is 0. The van der Waals surface area contributed by atoms with E-state index in [1.165, 1.54) is 12.1 Å². The summed E-state index contributed by atoms with van der Waals surface area (Å²) in [7, 11) is 0. The summed E-state index contributed by atoms with van der Waals surface area (Å²) in [5.74, 6) is 0.996. The highest BCUT2D eigenvalue weighted by Crippen LogP contribution is 2.34. The van der Waals surface area contributed by atoms with Crippen molar-refractivity contribution >= 4 is 35.8 Å². The second-order valence-electron chi connectivity index (χ2n) is 27.8. The number of carbonyl (C=O) groups excluding carboxylic acids is 6. The highest BCUT2D eigenvalue weighted by Gasteiger charge is 2.31. The summed E-state index contributed by atoms with van der Waals surface area (Å²) in [4.78, 5) is 68.1. The van der Waals surface area contributed by atoms with Crippen molar-refractivity contribution in [2.45, 2.75) is 178 Å². The molecule has 570 valence electrons. The van der Waals surface area contributed by atoms with E-state index in [-0.39, 0.29) is 83.9 Å². The molecule has 6 atom stereocenters. The monoisotopic (exact) mass is 1480 g/mol. The lowest BCUT2D eigenvalue weighted by atomic mass is 10.1. The van der Waals surface area contributed by atoms with Crippen LogP contribution >= 0.6 is 0 Å². The molecule has 6 aliphatic heterocycles. The molecule has 6 unspecified atom stereocenters. The molecule has 20 heteroatoms. The van der Waals surface area contributed by atoms with Gasteiger partial charge in [-0.1, -0.05) is 100 Å². The van der Waals surface area contributed by atoms with Gasteiger partial charge in [-0.25, -0.2) is 37.5 Å². The summed E-state index contributed by atoms with van der Waals surface area (Å²) >= 11 is 0. The van der Waals surface area contributed by atoms with Crippen molar-refractivity contribution < 1.29 is 94.4 Å². The maximum absolute atomic E-state index is 14.6. The number of carbonyl (C=O) groups is 6. The fourth-order valence-corrected chi connectivity index (χ4v) is 13.0. The molecule has 12 rings (SSSR count). The van der Waals surface area contributed by atoms with Crippen LogP contribution in [-0.4, -0.2) is 112 Å². The number of halogens is 2. The summed E-state index contributed by atoms with van der Waals surface area (Å²) in [6.45, 7) is 25.2. The number of benzene rings is 6. The van der Waals surface area contributed by atoms with E-state index in [1.807, 2.05) is 84.9 Å². The molecule has 6 saturated heterocycles. The van der Waals surface area contributed by atoms with E-state index < -0.39 is 11.6 Å². The van der Waals surface area contributed by atoms with Gasteiger partial charge in [-0.3, -0.25) is 0 Å². The van der Waals surface area contributed by atoms with E-state index in [4.69, 9.17) is 56.8 Å². The normalized spacial score (nSPS) is 19.4. The maximum atomic E-state index is 14.6. The standard InChI is InChI=1S/C30H33FO6.C30H34O6.C28H29FO6/c1-20-17-25(36-29(20)32)7-3-5-15-34-24-12-9-22(10-13-24)23-11-14-28(27(31)19-23)35-16-6-4-8-26-18-21(2)30(33)37-26;1-21-19-27(35-29(21)31)7-3-5-17-33-25-13-9-23(10-14-25)24-11-15-26(16-12-24)34-18-6-4-8-28-20-22(2)30(32)36-28;1-18-15-23(34-27(18)30)5-3-13-32-22-10-7-20(8-11-22)21-9-12-26(25(29)17-21)33-14-4-6-24-16-19(2)28(31)35-24/h9-14,19,25-26H,1-8,15-18H2;9-16,27-28H,1-8,17-20H2;7-12,17,23-24H,1-6,13-16H2. The van der Waals surface area contributed by atoms with Gasteiger partial charge in [0.1, 0.15) is 59.6 Å². The molecule has 0 spiro atoms. The number of ether oxygens (including phenoxy) is 12. The van der Waals surface area contributed by atoms with Crippen molar-refractivity contribution in [1.29, 1.82) is 0 Å². The van der Waals surface area contributed by atoms with Gasteiger partial charge in [0.05, 0.1) is 39.6 Å². The van der Waals surface area contributed by atoms with Gasteiger partial charge in [0, 0.05) is 72.0 Å². The predicted molar refractivity (Wildman–Crippen MR) is 404 cm³/mol. The van der Waals surface area contributed by atoms with Crippen LogP contribution in [0.1, 0.15) is 141 Å². The number of unbranched alkanes of at least 4 members (excludes halogenated alkanes) is 4. The Hall–Kier alpha value is -10.8. The first-order valence-electron chi connectivity index (χ1n) is 37.4. The lowest BCUT2D eigenvalue weighted by Crippen LogP contribution is -2.09. The molecule has 0 amide bonds. The number of esters is 6. The first-order valence-corrected chi connectivity index (χ1v) is 37.4. The van der Waals surface area contributed by atoms with Crippen LogP contribution in [0, 0.1) is 11.6 Å². The highest BCUT2D eigenvalue weighted by atomic mass is 19.1. The van der Waals surface area contributed by atoms with Gasteiger partial charge in [0.25, 0.3) is 0 Å². The van der Waals surface area contributed by atoms with Crippen LogP contribution in [0.5, 0.6) is 34.5 Å². The van der Waals surface area contributed by atoms with Gasteiger partial charge in [-0.05, 0) is 209 Å². The Morgan fingerprint density at radius 1 is 0.259 bits per heavy atom. The first kappa shape index (κ1) is 79.8. The zero-order chi connectivity index (χ0) is 76.3. The highest BCUT2D eigenvalue weighted by molar-refractivity contribution is 5.92. The van der Waals surface area contributed by atoms with Crippen molar-refractivity contribution in [1.82, 2.24) is 0 Å². The van der Waals surface area contributed by atoms with Crippen molar-refractivity contribution in [2.75, 3.05) is 39.6 Å². The molecule has 108 heavy (non-hydrogen) atoms. The molecule has 0 radical (unpaired) electrons. The summed E-state index contributed by atoms with van der Waals surface area (Å²) in [5, 5.41) is 0. The summed E-state index contributed by atoms with van der Waals surface area (Å²) < 4.78 is 95.0. The van der Waals surface area contributed by atoms with Gasteiger partial charge < -0.3 is 56.8 Å². The van der Waals surface area contributed by atoms with Gasteiger partial charge in [0.15, 0.2) is 23.1 Å². The van der Waals surface area contributed by atoms with Crippen molar-refractivity contribution in [3.63, 3.8) is 0 Å². The number of hydrogen-bond acceptors (Lipinski definition) is 18. The quantitative estimate of drug-likeness (QED) is 0.0153. The molecule has 6 fully saturated rings. The van der Waals surface area contributed by atoms with Crippen LogP contribution in [0.2, 0.25) is 0 Å². The predicted octanol–water partition coefficient (Wildman–Crippen LogP) is 18.1. The Labute approximate surface area is 630 Å². The summed E-state index contributed by atoms with van der Waals surface area (Å²) in [5.41, 5.74) is 8.73. The SMILES string of the molecule is C=C1CC(CCCCOc2ccc(-c3ccc(OCCCCC4CC(=C)C(=O)O4)c(F)c3)cc2)OC1=O.C=C1CC(CCCCOc2ccc(-c3ccc(OCCCCC4CC(=C)C(=O)O4)cc3)cc2)OC1=O.C=C1CC(CCCOc2ccc(-c3ccc(OCCCC4CC(=C)C(=O)O4)c(F)c3)cc2)OC1=O. The van der Waals surface area contributed by atoms with Crippen LogP contribution in [0.15, 0.2) is 206 Å². The molecule has 0 bridgehead atoms. The minimum atomic E-state index is -0.432. The van der Waals surface area contributed by atoms with E-state index in [9.17, 15) is 37.5 Å². The Balaban J connectivity index is 0.000000173. The topological polar surface area (TPSA) is 213 Å². The Bertz CT molecular complexity index is 3980. The summed E-state index contributed by atoms with van der Waals surface area (Å²) in [6.07, 6.45) is 16.3. The molecule has 0 saturated carbocycles. The molecular formula is C88H96F2O18. The largest absolute Gasteiger partial charge is 0.494 e. The number of cyclic esters (lactones) is 6. The molecule has 6 aromatic rings. The van der Waals surface area contributed by atoms with E-state index in [1.54, 1.807) is 12.1 Å². The lowest BCUT2D eigenvalue weighted by Gasteiger charge is -2.12. The van der Waals surface area contributed by atoms with Crippen LogP contribution in [0.4, 0.5) is 8.78 Å². The molecule has 0 aromatic heterocycles. The van der Waals surface area contributed by atoms with Gasteiger partial charge in [-0.15, -0.1) is 0 Å². The van der Waals surface area contributed by atoms with Gasteiger partial charge in [0.2, 0.25) is 0 Å². The zero-order valence-electron chi connectivity index (χ0n) is 61.3. The van der Waals surface area contributed by atoms with Crippen molar-refractivity contribution in [2.24, 2.45) is 0 Å². The minimum absolute atomic E-state index is 0.0213. The molecule has 0 aliphatic carbocycles. The maximum Gasteiger partial charge on any atom is 0.333 e. The fourth-order valence-electron chi connectivity index (χ4n) is 13.0. The summed E-state index contributed by atoms with van der Waals surface area (Å²) in [6, 6.07) is 41.0. The van der Waals surface area contributed by atoms with Crippen LogP contribution in [-0.2, 0) is 57.2 Å². The minimum Gasteiger partial charge on any atom is -0.494 e. The van der Waals surface area contributed by atoms with Crippen molar-refractivity contribution in [3.05, 3.63) is 218 Å². The molecule has 6 aromatic carbocycles. The molecular weight excluding hydrogens is 1380 g/mol. The molecule has 6 heterocycles. The first-order chi connectivity index (χ1) is 52.2. The van der Waals surface area contributed by atoms with Crippen LogP contribution < -0.4 is 28.4 Å². The van der Waals surface area contributed by atoms with Crippen molar-refractivity contribution in [3.8, 4) is 67.9 Å². The zero-order valence-corrected chi connectivity index (χ0v) is 61.3. The lowest BCUT2D eigenvalue weighted by molar-refractivity contribution is -0.140.